The highest BCUT2D eigenvalue weighted by Crippen LogP contribution is 2.21. The van der Waals surface area contributed by atoms with Crippen LogP contribution in [-0.2, 0) is 9.84 Å². The van der Waals surface area contributed by atoms with Crippen molar-refractivity contribution < 1.29 is 8.42 Å². The number of hydrogen-bond acceptors (Lipinski definition) is 2. The third kappa shape index (κ3) is 2.52. The van der Waals surface area contributed by atoms with Crippen LogP contribution in [-0.4, -0.2) is 8.42 Å². The molecule has 0 N–H and O–H groups in total. The number of sulfone groups is 1. The Morgan fingerprint density at radius 3 is 2.00 bits per heavy atom. The Morgan fingerprint density at radius 2 is 1.42 bits per heavy atom. The summed E-state index contributed by atoms with van der Waals surface area (Å²) in [7, 11) is -3.56. The van der Waals surface area contributed by atoms with Gasteiger partial charge in [0.25, 0.3) is 0 Å². The van der Waals surface area contributed by atoms with Gasteiger partial charge >= 0.3 is 0 Å². The molecule has 0 heterocycles. The third-order valence-corrected chi connectivity index (χ3v) is 4.41. The quantitative estimate of drug-likeness (QED) is 0.783. The summed E-state index contributed by atoms with van der Waals surface area (Å²) >= 11 is 0. The second-order valence-electron chi connectivity index (χ2n) is 3.84. The Labute approximate surface area is 113 Å². The van der Waals surface area contributed by atoms with Crippen LogP contribution in [0.15, 0.2) is 58.3 Å². The molecule has 0 bridgehead atoms. The van der Waals surface area contributed by atoms with Crippen molar-refractivity contribution in [1.82, 2.24) is 0 Å². The maximum absolute atomic E-state index is 12.4. The summed E-state index contributed by atoms with van der Waals surface area (Å²) in [5.41, 5.74) is 1.16. The Bertz CT molecular complexity index is 786. The zero-order valence-electron chi connectivity index (χ0n) is 10.00. The molecule has 0 radical (unpaired) electrons. The molecule has 0 aliphatic rings. The molecular weight excluding hydrogens is 256 g/mol. The molecule has 0 aliphatic heterocycles. The number of terminal acetylenes is 2. The maximum Gasteiger partial charge on any atom is 0.206 e. The van der Waals surface area contributed by atoms with Crippen LogP contribution in [0, 0.1) is 24.7 Å². The SMILES string of the molecule is C#Cc1ccc(S(=O)(=O)c2cccc(C#C)c2)cc1. The first kappa shape index (κ1) is 13.0. The molecule has 0 amide bonds. The fraction of sp³-hybridized carbons (Fsp3) is 0. The van der Waals surface area contributed by atoms with E-state index in [1.54, 1.807) is 24.3 Å². The standard InChI is InChI=1S/C16H10O2S/c1-3-13-8-10-15(11-9-13)19(17,18)16-7-5-6-14(4-2)12-16/h1-2,5-12H. The highest BCUT2D eigenvalue weighted by molar-refractivity contribution is 7.91. The molecule has 0 atom stereocenters. The zero-order chi connectivity index (χ0) is 13.9. The average molecular weight is 266 g/mol. The normalized spacial score (nSPS) is 10.4. The van der Waals surface area contributed by atoms with Gasteiger partial charge < -0.3 is 0 Å². The van der Waals surface area contributed by atoms with E-state index in [0.29, 0.717) is 11.1 Å². The second kappa shape index (κ2) is 5.02. The molecule has 0 saturated heterocycles. The molecule has 0 aliphatic carbocycles. The topological polar surface area (TPSA) is 34.1 Å². The van der Waals surface area contributed by atoms with Gasteiger partial charge in [-0.15, -0.1) is 12.8 Å². The van der Waals surface area contributed by atoms with E-state index in [1.165, 1.54) is 24.3 Å². The first-order chi connectivity index (χ1) is 9.07. The Hall–Kier alpha value is -2.49. The van der Waals surface area contributed by atoms with Crippen molar-refractivity contribution in [3.05, 3.63) is 59.7 Å². The molecule has 2 aromatic carbocycles. The average Bonchev–Trinajstić information content (AvgIpc) is 2.47. The maximum atomic E-state index is 12.4. The van der Waals surface area contributed by atoms with Gasteiger partial charge in [-0.2, -0.15) is 0 Å². The largest absolute Gasteiger partial charge is 0.219 e. The van der Waals surface area contributed by atoms with Gasteiger partial charge in [0.15, 0.2) is 0 Å². The Kier molecular flexibility index (Phi) is 3.42. The van der Waals surface area contributed by atoms with Crippen LogP contribution < -0.4 is 0 Å². The van der Waals surface area contributed by atoms with Crippen LogP contribution in [0.2, 0.25) is 0 Å². The van der Waals surface area contributed by atoms with Crippen molar-refractivity contribution in [2.45, 2.75) is 9.79 Å². The van der Waals surface area contributed by atoms with Crippen molar-refractivity contribution in [1.29, 1.82) is 0 Å². The summed E-state index contributed by atoms with van der Waals surface area (Å²) in [6.45, 7) is 0. The van der Waals surface area contributed by atoms with E-state index < -0.39 is 9.84 Å². The van der Waals surface area contributed by atoms with E-state index in [9.17, 15) is 8.42 Å². The van der Waals surface area contributed by atoms with Gasteiger partial charge in [-0.25, -0.2) is 8.42 Å². The van der Waals surface area contributed by atoms with Gasteiger partial charge in [0.1, 0.15) is 0 Å². The van der Waals surface area contributed by atoms with E-state index in [0.717, 1.165) is 0 Å². The summed E-state index contributed by atoms with van der Waals surface area (Å²) < 4.78 is 24.8. The van der Waals surface area contributed by atoms with Gasteiger partial charge in [-0.1, -0.05) is 17.9 Å². The molecule has 3 heteroatoms. The number of hydrogen-bond donors (Lipinski definition) is 0. The lowest BCUT2D eigenvalue weighted by atomic mass is 10.2. The van der Waals surface area contributed by atoms with Crippen LogP contribution in [0.5, 0.6) is 0 Å². The predicted octanol–water partition coefficient (Wildman–Crippen LogP) is 2.48. The molecule has 0 aromatic heterocycles. The van der Waals surface area contributed by atoms with Gasteiger partial charge in [0, 0.05) is 11.1 Å². The predicted molar refractivity (Wildman–Crippen MR) is 74.2 cm³/mol. The molecule has 0 saturated carbocycles. The molecule has 2 rings (SSSR count). The summed E-state index contributed by atoms with van der Waals surface area (Å²) in [5.74, 6) is 4.86. The molecular formula is C16H10O2S. The first-order valence-corrected chi connectivity index (χ1v) is 6.94. The van der Waals surface area contributed by atoms with Gasteiger partial charge in [-0.05, 0) is 42.5 Å². The van der Waals surface area contributed by atoms with E-state index in [1.807, 2.05) is 0 Å². The summed E-state index contributed by atoms with van der Waals surface area (Å²) in [6, 6.07) is 12.5. The van der Waals surface area contributed by atoms with E-state index in [2.05, 4.69) is 11.8 Å². The number of rotatable bonds is 2. The molecule has 0 unspecified atom stereocenters. The molecule has 0 fully saturated rings. The highest BCUT2D eigenvalue weighted by Gasteiger charge is 2.17. The minimum Gasteiger partial charge on any atom is -0.219 e. The number of benzene rings is 2. The molecule has 92 valence electrons. The van der Waals surface area contributed by atoms with Crippen molar-refractivity contribution in [2.24, 2.45) is 0 Å². The lowest BCUT2D eigenvalue weighted by Gasteiger charge is -2.05. The molecule has 2 aromatic rings. The molecule has 2 nitrogen and oxygen atoms in total. The zero-order valence-corrected chi connectivity index (χ0v) is 10.8. The fourth-order valence-corrected chi connectivity index (χ4v) is 2.93. The summed E-state index contributed by atoms with van der Waals surface area (Å²) in [6.07, 6.45) is 10.5. The van der Waals surface area contributed by atoms with Crippen molar-refractivity contribution in [2.75, 3.05) is 0 Å². The third-order valence-electron chi connectivity index (χ3n) is 2.64. The highest BCUT2D eigenvalue weighted by atomic mass is 32.2. The smallest absolute Gasteiger partial charge is 0.206 e. The lowest BCUT2D eigenvalue weighted by Crippen LogP contribution is -2.02. The van der Waals surface area contributed by atoms with Crippen LogP contribution in [0.4, 0.5) is 0 Å². The van der Waals surface area contributed by atoms with E-state index >= 15 is 0 Å². The second-order valence-corrected chi connectivity index (χ2v) is 5.79. The van der Waals surface area contributed by atoms with Crippen LogP contribution in [0.1, 0.15) is 11.1 Å². The fourth-order valence-electron chi connectivity index (χ4n) is 1.62. The van der Waals surface area contributed by atoms with Gasteiger partial charge in [0.05, 0.1) is 9.79 Å². The van der Waals surface area contributed by atoms with Crippen molar-refractivity contribution >= 4 is 9.84 Å². The van der Waals surface area contributed by atoms with Gasteiger partial charge in [-0.3, -0.25) is 0 Å². The first-order valence-electron chi connectivity index (χ1n) is 5.46. The Morgan fingerprint density at radius 1 is 0.789 bits per heavy atom. The minimum atomic E-state index is -3.56. The molecule has 0 spiro atoms. The molecule has 19 heavy (non-hydrogen) atoms. The van der Waals surface area contributed by atoms with Crippen LogP contribution in [0.3, 0.4) is 0 Å². The Balaban J connectivity index is 2.53. The van der Waals surface area contributed by atoms with Crippen LogP contribution in [0.25, 0.3) is 0 Å². The minimum absolute atomic E-state index is 0.177. The summed E-state index contributed by atoms with van der Waals surface area (Å²) in [4.78, 5) is 0.372. The lowest BCUT2D eigenvalue weighted by molar-refractivity contribution is 0.596. The van der Waals surface area contributed by atoms with E-state index in [-0.39, 0.29) is 9.79 Å². The summed E-state index contributed by atoms with van der Waals surface area (Å²) in [5, 5.41) is 0. The monoisotopic (exact) mass is 266 g/mol. The van der Waals surface area contributed by atoms with Crippen molar-refractivity contribution in [3.8, 4) is 24.7 Å². The van der Waals surface area contributed by atoms with Crippen molar-refractivity contribution in [3.63, 3.8) is 0 Å². The van der Waals surface area contributed by atoms with Crippen LogP contribution >= 0.6 is 0 Å². The van der Waals surface area contributed by atoms with E-state index in [4.69, 9.17) is 12.8 Å². The van der Waals surface area contributed by atoms with Gasteiger partial charge in [0.2, 0.25) is 9.84 Å².